The van der Waals surface area contributed by atoms with Crippen LogP contribution < -0.4 is 5.32 Å². The molecule has 0 aliphatic rings. The highest BCUT2D eigenvalue weighted by Gasteiger charge is 1.96. The summed E-state index contributed by atoms with van der Waals surface area (Å²) < 4.78 is 0. The minimum absolute atomic E-state index is 0.421. The molecular weight excluding hydrogens is 150 g/mol. The summed E-state index contributed by atoms with van der Waals surface area (Å²) in [6.45, 7) is 2.78. The highest BCUT2D eigenvalue weighted by molar-refractivity contribution is 6.31. The van der Waals surface area contributed by atoms with Crippen LogP contribution in [0, 0.1) is 0 Å². The molecule has 0 saturated carbocycles. The molecule has 0 radical (unpaired) electrons. The lowest BCUT2D eigenvalue weighted by atomic mass is 10.6. The Labute approximate surface area is 64.5 Å². The van der Waals surface area contributed by atoms with Crippen LogP contribution in [0.25, 0.3) is 0 Å². The van der Waals surface area contributed by atoms with Gasteiger partial charge in [-0.1, -0.05) is 11.6 Å². The zero-order valence-corrected chi connectivity index (χ0v) is 6.39. The summed E-state index contributed by atoms with van der Waals surface area (Å²) in [5.41, 5.74) is 0. The smallest absolute Gasteiger partial charge is 0.171 e. The van der Waals surface area contributed by atoms with E-state index in [-0.39, 0.29) is 0 Å². The number of anilines is 1. The van der Waals surface area contributed by atoms with Crippen LogP contribution in [0.2, 0.25) is 5.15 Å². The van der Waals surface area contributed by atoms with Gasteiger partial charge in [-0.15, -0.1) is 0 Å². The molecule has 0 amide bonds. The molecular formula is C6H8ClN3. The molecule has 1 aromatic rings. The Morgan fingerprint density at radius 2 is 2.20 bits per heavy atom. The summed E-state index contributed by atoms with van der Waals surface area (Å²) in [6.07, 6.45) is 3.16. The van der Waals surface area contributed by atoms with Gasteiger partial charge in [0.25, 0.3) is 0 Å². The number of nitrogens with zero attached hydrogens (tertiary/aromatic N) is 2. The molecule has 0 aliphatic heterocycles. The summed E-state index contributed by atoms with van der Waals surface area (Å²) in [5.74, 6) is 0.645. The molecule has 10 heavy (non-hydrogen) atoms. The normalized spacial score (nSPS) is 9.40. The van der Waals surface area contributed by atoms with Crippen molar-refractivity contribution in [2.45, 2.75) is 6.92 Å². The maximum Gasteiger partial charge on any atom is 0.171 e. The fourth-order valence-corrected chi connectivity index (χ4v) is 0.779. The van der Waals surface area contributed by atoms with Gasteiger partial charge in [0.05, 0.1) is 0 Å². The molecule has 0 aromatic carbocycles. The maximum absolute atomic E-state index is 5.67. The largest absolute Gasteiger partial charge is 0.368 e. The second-order valence-corrected chi connectivity index (χ2v) is 2.08. The quantitative estimate of drug-likeness (QED) is 0.708. The van der Waals surface area contributed by atoms with Gasteiger partial charge in [-0.2, -0.15) is 0 Å². The zero-order chi connectivity index (χ0) is 7.40. The number of rotatable bonds is 2. The van der Waals surface area contributed by atoms with Crippen molar-refractivity contribution < 1.29 is 0 Å². The summed E-state index contributed by atoms with van der Waals surface area (Å²) >= 11 is 5.67. The number of aromatic nitrogens is 2. The first kappa shape index (κ1) is 7.28. The molecule has 0 atom stereocenters. The first-order valence-corrected chi connectivity index (χ1v) is 3.42. The molecule has 0 bridgehead atoms. The molecule has 0 fully saturated rings. The van der Waals surface area contributed by atoms with E-state index >= 15 is 0 Å². The molecule has 0 spiro atoms. The molecule has 1 aromatic heterocycles. The second kappa shape index (κ2) is 3.37. The maximum atomic E-state index is 5.67. The average molecular weight is 158 g/mol. The van der Waals surface area contributed by atoms with Crippen molar-refractivity contribution in [3.05, 3.63) is 17.5 Å². The van der Waals surface area contributed by atoms with Gasteiger partial charge in [0.15, 0.2) is 11.0 Å². The van der Waals surface area contributed by atoms with Gasteiger partial charge in [0.1, 0.15) is 0 Å². The van der Waals surface area contributed by atoms with Crippen LogP contribution in [0.3, 0.4) is 0 Å². The van der Waals surface area contributed by atoms with E-state index in [0.717, 1.165) is 6.54 Å². The SMILES string of the molecule is CCNc1nccnc1Cl. The van der Waals surface area contributed by atoms with Crippen molar-refractivity contribution in [1.29, 1.82) is 0 Å². The average Bonchev–Trinajstić information content (AvgIpc) is 1.94. The fourth-order valence-electron chi connectivity index (χ4n) is 0.607. The lowest BCUT2D eigenvalue weighted by Gasteiger charge is -2.00. The molecule has 1 rings (SSSR count). The topological polar surface area (TPSA) is 37.8 Å². The Hall–Kier alpha value is -0.830. The third-order valence-corrected chi connectivity index (χ3v) is 1.27. The van der Waals surface area contributed by atoms with E-state index in [1.165, 1.54) is 0 Å². The van der Waals surface area contributed by atoms with Crippen molar-refractivity contribution in [3.8, 4) is 0 Å². The van der Waals surface area contributed by atoms with E-state index in [1.54, 1.807) is 12.4 Å². The van der Waals surface area contributed by atoms with E-state index < -0.39 is 0 Å². The van der Waals surface area contributed by atoms with Gasteiger partial charge < -0.3 is 5.32 Å². The van der Waals surface area contributed by atoms with Crippen LogP contribution in [-0.2, 0) is 0 Å². The molecule has 4 heteroatoms. The first-order valence-electron chi connectivity index (χ1n) is 3.05. The van der Waals surface area contributed by atoms with Crippen LogP contribution in [0.1, 0.15) is 6.92 Å². The van der Waals surface area contributed by atoms with Gasteiger partial charge in [-0.05, 0) is 6.92 Å². The molecule has 1 N–H and O–H groups in total. The van der Waals surface area contributed by atoms with Crippen molar-refractivity contribution in [3.63, 3.8) is 0 Å². The van der Waals surface area contributed by atoms with Crippen molar-refractivity contribution in [1.82, 2.24) is 9.97 Å². The van der Waals surface area contributed by atoms with Gasteiger partial charge in [-0.3, -0.25) is 0 Å². The van der Waals surface area contributed by atoms with Crippen LogP contribution in [0.15, 0.2) is 12.4 Å². The van der Waals surface area contributed by atoms with E-state index in [4.69, 9.17) is 11.6 Å². The lowest BCUT2D eigenvalue weighted by molar-refractivity contribution is 1.12. The molecule has 1 heterocycles. The highest BCUT2D eigenvalue weighted by atomic mass is 35.5. The fraction of sp³-hybridized carbons (Fsp3) is 0.333. The van der Waals surface area contributed by atoms with Crippen LogP contribution in [0.5, 0.6) is 0 Å². The van der Waals surface area contributed by atoms with Gasteiger partial charge in [0.2, 0.25) is 0 Å². The van der Waals surface area contributed by atoms with Crippen molar-refractivity contribution in [2.24, 2.45) is 0 Å². The van der Waals surface area contributed by atoms with Gasteiger partial charge in [-0.25, -0.2) is 9.97 Å². The van der Waals surface area contributed by atoms with E-state index in [1.807, 2.05) is 6.92 Å². The number of hydrogen-bond acceptors (Lipinski definition) is 3. The highest BCUT2D eigenvalue weighted by Crippen LogP contribution is 2.12. The summed E-state index contributed by atoms with van der Waals surface area (Å²) in [6, 6.07) is 0. The van der Waals surface area contributed by atoms with E-state index in [0.29, 0.717) is 11.0 Å². The number of nitrogens with one attached hydrogen (secondary N) is 1. The van der Waals surface area contributed by atoms with Crippen molar-refractivity contribution in [2.75, 3.05) is 11.9 Å². The van der Waals surface area contributed by atoms with Crippen molar-refractivity contribution >= 4 is 17.4 Å². The zero-order valence-electron chi connectivity index (χ0n) is 5.63. The predicted octanol–water partition coefficient (Wildman–Crippen LogP) is 1.56. The van der Waals surface area contributed by atoms with Crippen LogP contribution in [0.4, 0.5) is 5.82 Å². The Morgan fingerprint density at radius 3 is 2.80 bits per heavy atom. The Kier molecular flexibility index (Phi) is 2.45. The first-order chi connectivity index (χ1) is 4.84. The minimum Gasteiger partial charge on any atom is -0.368 e. The molecule has 0 unspecified atom stereocenters. The monoisotopic (exact) mass is 157 g/mol. The molecule has 0 aliphatic carbocycles. The summed E-state index contributed by atoms with van der Waals surface area (Å²) in [5, 5.41) is 3.39. The van der Waals surface area contributed by atoms with Crippen LogP contribution in [-0.4, -0.2) is 16.5 Å². The van der Waals surface area contributed by atoms with E-state index in [2.05, 4.69) is 15.3 Å². The second-order valence-electron chi connectivity index (χ2n) is 1.73. The van der Waals surface area contributed by atoms with Gasteiger partial charge in [0, 0.05) is 18.9 Å². The molecule has 0 saturated heterocycles. The van der Waals surface area contributed by atoms with E-state index in [9.17, 15) is 0 Å². The Bertz CT molecular complexity index is 214. The third kappa shape index (κ3) is 1.57. The van der Waals surface area contributed by atoms with Gasteiger partial charge >= 0.3 is 0 Å². The minimum atomic E-state index is 0.421. The number of halogens is 1. The Morgan fingerprint density at radius 1 is 1.50 bits per heavy atom. The predicted molar refractivity (Wildman–Crippen MR) is 41.2 cm³/mol. The summed E-state index contributed by atoms with van der Waals surface area (Å²) in [7, 11) is 0. The molecule has 3 nitrogen and oxygen atoms in total. The number of hydrogen-bond donors (Lipinski definition) is 1. The lowest BCUT2D eigenvalue weighted by Crippen LogP contribution is -1.99. The van der Waals surface area contributed by atoms with Crippen LogP contribution >= 0.6 is 11.6 Å². The third-order valence-electron chi connectivity index (χ3n) is 0.998. The Balaban J connectivity index is 2.81. The standard InChI is InChI=1S/C6H8ClN3/c1-2-8-6-5(7)9-3-4-10-6/h3-4H,2H2,1H3,(H,8,10). The summed E-state index contributed by atoms with van der Waals surface area (Å²) in [4.78, 5) is 7.80. The molecule has 54 valence electrons.